The molecule has 2 amide bonds. The van der Waals surface area contributed by atoms with Crippen LogP contribution in [0.2, 0.25) is 0 Å². The summed E-state index contributed by atoms with van der Waals surface area (Å²) >= 11 is 0. The molecule has 0 unspecified atom stereocenters. The molecule has 1 N–H and O–H groups in total. The minimum absolute atomic E-state index is 0. The van der Waals surface area contributed by atoms with E-state index in [0.29, 0.717) is 25.3 Å². The van der Waals surface area contributed by atoms with Crippen molar-refractivity contribution in [3.05, 3.63) is 65.2 Å². The van der Waals surface area contributed by atoms with Gasteiger partial charge >= 0.3 is 0 Å². The molecule has 0 aliphatic carbocycles. The quantitative estimate of drug-likeness (QED) is 0.678. The van der Waals surface area contributed by atoms with Crippen LogP contribution in [0, 0.1) is 0 Å². The fraction of sp³-hybridized carbons (Fsp3) is 0.500. The van der Waals surface area contributed by atoms with Crippen LogP contribution in [0.5, 0.6) is 0 Å². The summed E-state index contributed by atoms with van der Waals surface area (Å²) in [7, 11) is 3.40. The molecule has 2 aliphatic heterocycles. The zero-order chi connectivity index (χ0) is 25.5. The number of piperazine rings is 1. The Balaban J connectivity index is 0.00000361. The van der Waals surface area contributed by atoms with Crippen LogP contribution in [0.3, 0.4) is 0 Å². The van der Waals surface area contributed by atoms with Gasteiger partial charge in [0.2, 0.25) is 11.8 Å². The van der Waals surface area contributed by atoms with E-state index in [-0.39, 0.29) is 48.4 Å². The Morgan fingerprint density at radius 3 is 2.42 bits per heavy atom. The largest absolute Gasteiger partial charge is 0.347 e. The van der Waals surface area contributed by atoms with Gasteiger partial charge in [0.1, 0.15) is 6.04 Å². The summed E-state index contributed by atoms with van der Waals surface area (Å²) in [5.41, 5.74) is 0.783. The van der Waals surface area contributed by atoms with Crippen molar-refractivity contribution in [3.8, 4) is 0 Å². The first kappa shape index (κ1) is 27.7. The third kappa shape index (κ3) is 5.15. The van der Waals surface area contributed by atoms with E-state index in [2.05, 4.69) is 5.32 Å². The maximum atomic E-state index is 15.3. The first-order chi connectivity index (χ1) is 16.4. The molecule has 0 bridgehead atoms. The van der Waals surface area contributed by atoms with Gasteiger partial charge in [-0.1, -0.05) is 63.7 Å². The van der Waals surface area contributed by atoms with Gasteiger partial charge in [-0.2, -0.15) is 8.78 Å². The van der Waals surface area contributed by atoms with Crippen LogP contribution < -0.4 is 10.2 Å². The summed E-state index contributed by atoms with van der Waals surface area (Å²) in [5.74, 6) is -3.44. The van der Waals surface area contributed by atoms with Gasteiger partial charge in [0.15, 0.2) is 0 Å². The molecule has 196 valence electrons. The van der Waals surface area contributed by atoms with Crippen molar-refractivity contribution in [1.29, 1.82) is 0 Å². The number of hydrogen-bond acceptors (Lipinski definition) is 4. The first-order valence-corrected chi connectivity index (χ1v) is 12.0. The average Bonchev–Trinajstić information content (AvgIpc) is 3.09. The maximum Gasteiger partial charge on any atom is 0.298 e. The van der Waals surface area contributed by atoms with Crippen molar-refractivity contribution in [1.82, 2.24) is 15.1 Å². The fourth-order valence-electron chi connectivity index (χ4n) is 5.09. The molecular weight excluding hydrogens is 462 g/mol. The highest BCUT2D eigenvalue weighted by atomic mass is 19.3. The van der Waals surface area contributed by atoms with Gasteiger partial charge in [-0.05, 0) is 18.6 Å². The predicted molar refractivity (Wildman–Crippen MR) is 140 cm³/mol. The molecule has 0 radical (unpaired) electrons. The summed E-state index contributed by atoms with van der Waals surface area (Å²) in [6.07, 6.45) is 0. The number of amides is 2. The normalized spacial score (nSPS) is 21.5. The van der Waals surface area contributed by atoms with Crippen LogP contribution in [0.1, 0.15) is 44.9 Å². The van der Waals surface area contributed by atoms with Gasteiger partial charge in [0, 0.05) is 62.0 Å². The lowest BCUT2D eigenvalue weighted by atomic mass is 9.86. The molecular formula is C28H38F2N4O2. The molecule has 8 heteroatoms. The minimum atomic E-state index is -3.19. The lowest BCUT2D eigenvalue weighted by Gasteiger charge is -2.39. The monoisotopic (exact) mass is 500 g/mol. The maximum absolute atomic E-state index is 15.3. The lowest BCUT2D eigenvalue weighted by Crippen LogP contribution is -2.62. The highest BCUT2D eigenvalue weighted by Gasteiger charge is 2.42. The molecule has 1 fully saturated rings. The Morgan fingerprint density at radius 1 is 1.11 bits per heavy atom. The number of halogens is 2. The van der Waals surface area contributed by atoms with E-state index in [4.69, 9.17) is 0 Å². The Bertz CT molecular complexity index is 1100. The highest BCUT2D eigenvalue weighted by molar-refractivity contribution is 5.98. The number of carbonyl (C=O) groups excluding carboxylic acids is 2. The predicted octanol–water partition coefficient (Wildman–Crippen LogP) is 3.84. The SMILES string of the molecule is C.C[C@@H]1CN(CC(=O)N2CC(C)(C)c3ccc(C(F)(F)c4ccccc4)cc32)[C@@H](C(=O)N(C)C)CN1. The average molecular weight is 501 g/mol. The molecule has 0 aromatic heterocycles. The number of nitrogens with zero attached hydrogens (tertiary/aromatic N) is 3. The Kier molecular flexibility index (Phi) is 7.91. The number of alkyl halides is 2. The van der Waals surface area contributed by atoms with Crippen LogP contribution in [0.4, 0.5) is 14.5 Å². The summed E-state index contributed by atoms with van der Waals surface area (Å²) in [4.78, 5) is 31.4. The second-order valence-electron chi connectivity index (χ2n) is 10.5. The number of carbonyl (C=O) groups is 2. The van der Waals surface area contributed by atoms with E-state index in [1.807, 2.05) is 25.7 Å². The summed E-state index contributed by atoms with van der Waals surface area (Å²) in [6.45, 7) is 7.49. The molecule has 2 atom stereocenters. The van der Waals surface area contributed by atoms with Gasteiger partial charge in [0.05, 0.1) is 6.54 Å². The molecule has 2 aliphatic rings. The molecule has 2 heterocycles. The van der Waals surface area contributed by atoms with Crippen LogP contribution in [-0.4, -0.2) is 74.0 Å². The van der Waals surface area contributed by atoms with Crippen molar-refractivity contribution >= 4 is 17.5 Å². The van der Waals surface area contributed by atoms with Gasteiger partial charge in [-0.15, -0.1) is 0 Å². The minimum Gasteiger partial charge on any atom is -0.347 e. The second kappa shape index (κ2) is 10.3. The third-order valence-corrected chi connectivity index (χ3v) is 7.04. The van der Waals surface area contributed by atoms with Gasteiger partial charge < -0.3 is 15.1 Å². The van der Waals surface area contributed by atoms with Crippen molar-refractivity contribution < 1.29 is 18.4 Å². The number of rotatable bonds is 5. The molecule has 6 nitrogen and oxygen atoms in total. The summed E-state index contributed by atoms with van der Waals surface area (Å²) in [6, 6.07) is 12.0. The number of anilines is 1. The Morgan fingerprint density at radius 2 is 1.78 bits per heavy atom. The van der Waals surface area contributed by atoms with Crippen LogP contribution >= 0.6 is 0 Å². The molecule has 2 aromatic rings. The molecule has 4 rings (SSSR count). The van der Waals surface area contributed by atoms with Crippen LogP contribution in [0.15, 0.2) is 48.5 Å². The number of benzene rings is 2. The number of hydrogen-bond donors (Lipinski definition) is 1. The summed E-state index contributed by atoms with van der Waals surface area (Å²) < 4.78 is 30.7. The first-order valence-electron chi connectivity index (χ1n) is 12.0. The topological polar surface area (TPSA) is 55.9 Å². The lowest BCUT2D eigenvalue weighted by molar-refractivity contribution is -0.136. The standard InChI is InChI=1S/C27H34F2N4O2.CH4/c1-18-15-32(23(14-30-18)25(35)31(4)5)16-24(34)33-17-26(2,3)21-12-11-20(13-22(21)33)27(28,29)19-9-7-6-8-10-19;/h6-13,18,23,30H,14-17H2,1-5H3;1H4/t18-,23-;/m1./s1. The highest BCUT2D eigenvalue weighted by Crippen LogP contribution is 2.44. The number of nitrogens with one attached hydrogen (secondary N) is 1. The van der Waals surface area contributed by atoms with Gasteiger partial charge in [-0.25, -0.2) is 0 Å². The van der Waals surface area contributed by atoms with E-state index in [0.717, 1.165) is 5.56 Å². The zero-order valence-electron chi connectivity index (χ0n) is 21.0. The number of likely N-dealkylation sites (N-methyl/N-ethyl adjacent to an activating group) is 1. The van der Waals surface area contributed by atoms with Crippen molar-refractivity contribution in [2.45, 2.75) is 51.6 Å². The Hall–Kier alpha value is -2.84. The van der Waals surface area contributed by atoms with Gasteiger partial charge in [-0.3, -0.25) is 14.5 Å². The van der Waals surface area contributed by atoms with Crippen LogP contribution in [0.25, 0.3) is 0 Å². The van der Waals surface area contributed by atoms with E-state index in [9.17, 15) is 9.59 Å². The van der Waals surface area contributed by atoms with Crippen molar-refractivity contribution in [3.63, 3.8) is 0 Å². The molecule has 2 aromatic carbocycles. The molecule has 0 spiro atoms. The van der Waals surface area contributed by atoms with Gasteiger partial charge in [0.25, 0.3) is 5.92 Å². The Labute approximate surface area is 213 Å². The smallest absolute Gasteiger partial charge is 0.298 e. The number of fused-ring (bicyclic) bond motifs is 1. The molecule has 0 saturated carbocycles. The second-order valence-corrected chi connectivity index (χ2v) is 10.5. The van der Waals surface area contributed by atoms with E-state index in [1.54, 1.807) is 43.3 Å². The molecule has 36 heavy (non-hydrogen) atoms. The summed E-state index contributed by atoms with van der Waals surface area (Å²) in [5, 5.41) is 3.31. The van der Waals surface area contributed by atoms with E-state index >= 15 is 8.78 Å². The fourth-order valence-corrected chi connectivity index (χ4v) is 5.09. The zero-order valence-corrected chi connectivity index (χ0v) is 21.0. The van der Waals surface area contributed by atoms with Crippen molar-refractivity contribution in [2.24, 2.45) is 0 Å². The van der Waals surface area contributed by atoms with Crippen molar-refractivity contribution in [2.75, 3.05) is 45.2 Å². The molecule has 1 saturated heterocycles. The van der Waals surface area contributed by atoms with Crippen LogP contribution in [-0.2, 0) is 20.9 Å². The van der Waals surface area contributed by atoms with E-state index < -0.39 is 12.0 Å². The third-order valence-electron chi connectivity index (χ3n) is 7.04. The van der Waals surface area contributed by atoms with E-state index in [1.165, 1.54) is 29.2 Å².